The van der Waals surface area contributed by atoms with Crippen LogP contribution in [0.4, 0.5) is 0 Å². The van der Waals surface area contributed by atoms with Crippen molar-refractivity contribution in [1.29, 1.82) is 0 Å². The van der Waals surface area contributed by atoms with Crippen LogP contribution in [0, 0.1) is 11.3 Å². The molecule has 0 saturated heterocycles. The van der Waals surface area contributed by atoms with Crippen LogP contribution in [0.15, 0.2) is 23.3 Å². The van der Waals surface area contributed by atoms with Crippen molar-refractivity contribution in [3.05, 3.63) is 23.3 Å². The SMILES string of the molecule is C[C@]12C=CC(=O)C1=C1C(=O)CC[C@H]1C2. The normalized spacial score (nSPS) is 39.6. The fourth-order valence-electron chi connectivity index (χ4n) is 3.19. The van der Waals surface area contributed by atoms with Gasteiger partial charge < -0.3 is 0 Å². The highest BCUT2D eigenvalue weighted by molar-refractivity contribution is 6.15. The van der Waals surface area contributed by atoms with E-state index in [2.05, 4.69) is 6.92 Å². The lowest BCUT2D eigenvalue weighted by molar-refractivity contribution is -0.115. The van der Waals surface area contributed by atoms with Gasteiger partial charge in [0.1, 0.15) is 0 Å². The van der Waals surface area contributed by atoms with Gasteiger partial charge in [-0.05, 0) is 24.8 Å². The lowest BCUT2D eigenvalue weighted by Gasteiger charge is -2.18. The minimum absolute atomic E-state index is 0.0697. The maximum absolute atomic E-state index is 11.7. The van der Waals surface area contributed by atoms with E-state index in [0.717, 1.165) is 24.0 Å². The van der Waals surface area contributed by atoms with Gasteiger partial charge in [-0.25, -0.2) is 0 Å². The van der Waals surface area contributed by atoms with Crippen molar-refractivity contribution < 1.29 is 9.59 Å². The van der Waals surface area contributed by atoms with E-state index >= 15 is 0 Å². The molecule has 0 radical (unpaired) electrons. The first-order valence-corrected chi connectivity index (χ1v) is 5.13. The zero-order chi connectivity index (χ0) is 9.92. The van der Waals surface area contributed by atoms with Crippen LogP contribution in [-0.4, -0.2) is 11.6 Å². The number of hydrogen-bond acceptors (Lipinski definition) is 2. The smallest absolute Gasteiger partial charge is 0.182 e. The largest absolute Gasteiger partial charge is 0.295 e. The van der Waals surface area contributed by atoms with Gasteiger partial charge in [0.25, 0.3) is 0 Å². The Bertz CT molecular complexity index is 414. The number of ketones is 2. The van der Waals surface area contributed by atoms with Gasteiger partial charge in [0.2, 0.25) is 0 Å². The van der Waals surface area contributed by atoms with Crippen molar-refractivity contribution in [3.63, 3.8) is 0 Å². The van der Waals surface area contributed by atoms with E-state index in [-0.39, 0.29) is 17.0 Å². The van der Waals surface area contributed by atoms with Gasteiger partial charge >= 0.3 is 0 Å². The summed E-state index contributed by atoms with van der Waals surface area (Å²) in [6, 6.07) is 0. The van der Waals surface area contributed by atoms with E-state index in [1.54, 1.807) is 6.08 Å². The van der Waals surface area contributed by atoms with Gasteiger partial charge in [-0.2, -0.15) is 0 Å². The van der Waals surface area contributed by atoms with Crippen LogP contribution in [0.5, 0.6) is 0 Å². The van der Waals surface area contributed by atoms with Gasteiger partial charge in [0.05, 0.1) is 0 Å². The van der Waals surface area contributed by atoms with E-state index in [4.69, 9.17) is 0 Å². The molecule has 0 aromatic heterocycles. The Hall–Kier alpha value is -1.18. The highest BCUT2D eigenvalue weighted by Crippen LogP contribution is 2.54. The van der Waals surface area contributed by atoms with E-state index in [1.807, 2.05) is 6.08 Å². The molecule has 0 bridgehead atoms. The molecule has 0 amide bonds. The molecule has 0 aliphatic heterocycles. The Morgan fingerprint density at radius 2 is 2.21 bits per heavy atom. The molecule has 0 spiro atoms. The first-order chi connectivity index (χ1) is 6.62. The minimum Gasteiger partial charge on any atom is -0.295 e. The van der Waals surface area contributed by atoms with Gasteiger partial charge in [0, 0.05) is 23.0 Å². The predicted octanol–water partition coefficient (Wildman–Crippen LogP) is 1.81. The Kier molecular flexibility index (Phi) is 1.31. The summed E-state index contributed by atoms with van der Waals surface area (Å²) in [5.41, 5.74) is 1.56. The molecule has 3 rings (SSSR count). The molecule has 72 valence electrons. The standard InChI is InChI=1S/C12H12O2/c1-12-5-4-9(14)11(12)10-7(6-12)2-3-8(10)13/h4-5,7H,2-3,6H2,1H3/t7-,12+/m0/s1. The van der Waals surface area contributed by atoms with Crippen LogP contribution in [0.1, 0.15) is 26.2 Å². The number of rotatable bonds is 0. The summed E-state index contributed by atoms with van der Waals surface area (Å²) in [7, 11) is 0. The topological polar surface area (TPSA) is 34.1 Å². The second kappa shape index (κ2) is 2.25. The first kappa shape index (κ1) is 8.16. The second-order valence-corrected chi connectivity index (χ2v) is 4.77. The third-order valence-electron chi connectivity index (χ3n) is 3.79. The van der Waals surface area contributed by atoms with Crippen molar-refractivity contribution in [2.75, 3.05) is 0 Å². The molecule has 0 unspecified atom stereocenters. The average molecular weight is 188 g/mol. The van der Waals surface area contributed by atoms with Crippen LogP contribution in [0.2, 0.25) is 0 Å². The first-order valence-electron chi connectivity index (χ1n) is 5.13. The number of Topliss-reactive ketones (excluding diaryl/α,β-unsaturated/α-hetero) is 1. The number of carbonyl (C=O) groups excluding carboxylic acids is 2. The molecule has 14 heavy (non-hydrogen) atoms. The van der Waals surface area contributed by atoms with Crippen molar-refractivity contribution in [1.82, 2.24) is 0 Å². The fraction of sp³-hybridized carbons (Fsp3) is 0.500. The summed E-state index contributed by atoms with van der Waals surface area (Å²) in [5.74, 6) is 0.655. The third-order valence-corrected chi connectivity index (χ3v) is 3.79. The molecule has 2 nitrogen and oxygen atoms in total. The van der Waals surface area contributed by atoms with Crippen molar-refractivity contribution in [3.8, 4) is 0 Å². The summed E-state index contributed by atoms with van der Waals surface area (Å²) in [5, 5.41) is 0. The quantitative estimate of drug-likeness (QED) is 0.581. The maximum atomic E-state index is 11.7. The zero-order valence-electron chi connectivity index (χ0n) is 8.17. The number of hydrogen-bond donors (Lipinski definition) is 0. The molecular formula is C12H12O2. The summed E-state index contributed by atoms with van der Waals surface area (Å²) in [6.07, 6.45) is 6.17. The van der Waals surface area contributed by atoms with Crippen molar-refractivity contribution >= 4 is 11.6 Å². The van der Waals surface area contributed by atoms with E-state index in [9.17, 15) is 9.59 Å². The van der Waals surface area contributed by atoms with E-state index in [0.29, 0.717) is 12.3 Å². The molecule has 0 N–H and O–H groups in total. The number of carbonyl (C=O) groups is 2. The van der Waals surface area contributed by atoms with E-state index in [1.165, 1.54) is 0 Å². The van der Waals surface area contributed by atoms with Crippen molar-refractivity contribution in [2.24, 2.45) is 11.3 Å². The van der Waals surface area contributed by atoms with Crippen LogP contribution in [0.25, 0.3) is 0 Å². The minimum atomic E-state index is -0.118. The molecule has 1 saturated carbocycles. The molecule has 2 atom stereocenters. The molecule has 2 heteroatoms. The Morgan fingerprint density at radius 1 is 1.43 bits per heavy atom. The summed E-state index contributed by atoms with van der Waals surface area (Å²) >= 11 is 0. The third kappa shape index (κ3) is 0.770. The molecule has 3 aliphatic rings. The number of fused-ring (bicyclic) bond motifs is 2. The lowest BCUT2D eigenvalue weighted by Crippen LogP contribution is -2.13. The molecular weight excluding hydrogens is 176 g/mol. The Labute approximate surface area is 82.7 Å². The average Bonchev–Trinajstić information content (AvgIpc) is 2.67. The van der Waals surface area contributed by atoms with Gasteiger partial charge in [0.15, 0.2) is 11.6 Å². The highest BCUT2D eigenvalue weighted by Gasteiger charge is 2.50. The van der Waals surface area contributed by atoms with E-state index < -0.39 is 0 Å². The van der Waals surface area contributed by atoms with Gasteiger partial charge in [-0.3, -0.25) is 9.59 Å². The molecule has 0 heterocycles. The van der Waals surface area contributed by atoms with Crippen LogP contribution in [-0.2, 0) is 9.59 Å². The lowest BCUT2D eigenvalue weighted by atomic mass is 9.84. The molecule has 1 fully saturated rings. The predicted molar refractivity (Wildman–Crippen MR) is 51.6 cm³/mol. The van der Waals surface area contributed by atoms with Crippen LogP contribution < -0.4 is 0 Å². The summed E-state index contributed by atoms with van der Waals surface area (Å²) < 4.78 is 0. The molecule has 0 aromatic carbocycles. The van der Waals surface area contributed by atoms with Gasteiger partial charge in [-0.1, -0.05) is 13.0 Å². The Balaban J connectivity index is 2.23. The highest BCUT2D eigenvalue weighted by atomic mass is 16.1. The fourth-order valence-corrected chi connectivity index (χ4v) is 3.19. The molecule has 0 aromatic rings. The van der Waals surface area contributed by atoms with Crippen LogP contribution >= 0.6 is 0 Å². The Morgan fingerprint density at radius 3 is 3.00 bits per heavy atom. The van der Waals surface area contributed by atoms with Crippen molar-refractivity contribution in [2.45, 2.75) is 26.2 Å². The van der Waals surface area contributed by atoms with Crippen LogP contribution in [0.3, 0.4) is 0 Å². The monoisotopic (exact) mass is 188 g/mol. The maximum Gasteiger partial charge on any atom is 0.182 e. The summed E-state index contributed by atoms with van der Waals surface area (Å²) in [6.45, 7) is 2.07. The summed E-state index contributed by atoms with van der Waals surface area (Å²) in [4.78, 5) is 23.3. The zero-order valence-corrected chi connectivity index (χ0v) is 8.17. The number of allylic oxidation sites excluding steroid dienone is 4. The second-order valence-electron chi connectivity index (χ2n) is 4.77. The molecule has 3 aliphatic carbocycles. The van der Waals surface area contributed by atoms with Gasteiger partial charge in [-0.15, -0.1) is 0 Å².